The van der Waals surface area contributed by atoms with Crippen LogP contribution in [0.5, 0.6) is 5.88 Å². The lowest BCUT2D eigenvalue weighted by atomic mass is 10.1. The zero-order chi connectivity index (χ0) is 15.1. The van der Waals surface area contributed by atoms with Crippen molar-refractivity contribution in [1.29, 1.82) is 0 Å². The summed E-state index contributed by atoms with van der Waals surface area (Å²) in [7, 11) is 0. The SMILES string of the molecule is CCCCCCC(C)Oc1nc(CN)cc2ccccc12. The summed E-state index contributed by atoms with van der Waals surface area (Å²) >= 11 is 0. The fraction of sp³-hybridized carbons (Fsp3) is 0.500. The number of benzene rings is 1. The summed E-state index contributed by atoms with van der Waals surface area (Å²) in [4.78, 5) is 4.56. The van der Waals surface area contributed by atoms with Crippen molar-refractivity contribution in [2.24, 2.45) is 5.73 Å². The van der Waals surface area contributed by atoms with Crippen LogP contribution in [0.4, 0.5) is 0 Å². The molecule has 1 aromatic heterocycles. The van der Waals surface area contributed by atoms with Crippen LogP contribution in [-0.2, 0) is 6.54 Å². The van der Waals surface area contributed by atoms with Crippen LogP contribution in [0, 0.1) is 0 Å². The van der Waals surface area contributed by atoms with E-state index in [2.05, 4.69) is 31.0 Å². The number of nitrogens with zero attached hydrogens (tertiary/aromatic N) is 1. The first-order chi connectivity index (χ1) is 10.2. The van der Waals surface area contributed by atoms with Crippen molar-refractivity contribution in [3.05, 3.63) is 36.0 Å². The lowest BCUT2D eigenvalue weighted by Gasteiger charge is -2.16. The normalized spacial score (nSPS) is 12.5. The van der Waals surface area contributed by atoms with E-state index in [1.54, 1.807) is 0 Å². The van der Waals surface area contributed by atoms with Crippen LogP contribution in [0.2, 0.25) is 0 Å². The molecule has 0 radical (unpaired) electrons. The number of ether oxygens (including phenoxy) is 1. The number of fused-ring (bicyclic) bond motifs is 1. The molecular weight excluding hydrogens is 260 g/mol. The van der Waals surface area contributed by atoms with Crippen molar-refractivity contribution in [3.63, 3.8) is 0 Å². The molecule has 1 heterocycles. The van der Waals surface area contributed by atoms with E-state index in [0.29, 0.717) is 6.54 Å². The first kappa shape index (κ1) is 15.8. The molecule has 0 spiro atoms. The molecular formula is C18H26N2O. The van der Waals surface area contributed by atoms with Crippen LogP contribution >= 0.6 is 0 Å². The van der Waals surface area contributed by atoms with Crippen molar-refractivity contribution in [2.45, 2.75) is 58.6 Å². The Balaban J connectivity index is 2.09. The first-order valence-electron chi connectivity index (χ1n) is 8.00. The molecule has 0 amide bonds. The van der Waals surface area contributed by atoms with E-state index >= 15 is 0 Å². The summed E-state index contributed by atoms with van der Waals surface area (Å²) < 4.78 is 6.08. The minimum absolute atomic E-state index is 0.186. The molecule has 1 atom stereocenters. The minimum Gasteiger partial charge on any atom is -0.474 e. The second-order valence-corrected chi connectivity index (χ2v) is 5.62. The Morgan fingerprint density at radius 2 is 2.00 bits per heavy atom. The van der Waals surface area contributed by atoms with Gasteiger partial charge in [-0.2, -0.15) is 0 Å². The van der Waals surface area contributed by atoms with Crippen LogP contribution < -0.4 is 10.5 Å². The number of nitrogens with two attached hydrogens (primary N) is 1. The van der Waals surface area contributed by atoms with Crippen molar-refractivity contribution in [2.75, 3.05) is 0 Å². The first-order valence-corrected chi connectivity index (χ1v) is 8.00. The van der Waals surface area contributed by atoms with Gasteiger partial charge in [0.15, 0.2) is 0 Å². The smallest absolute Gasteiger partial charge is 0.221 e. The number of hydrogen-bond acceptors (Lipinski definition) is 3. The lowest BCUT2D eigenvalue weighted by Crippen LogP contribution is -2.13. The van der Waals surface area contributed by atoms with E-state index in [9.17, 15) is 0 Å². The van der Waals surface area contributed by atoms with Crippen LogP contribution in [0.1, 0.15) is 51.6 Å². The van der Waals surface area contributed by atoms with E-state index in [0.717, 1.165) is 28.8 Å². The van der Waals surface area contributed by atoms with Gasteiger partial charge in [0, 0.05) is 11.9 Å². The van der Waals surface area contributed by atoms with Crippen molar-refractivity contribution in [3.8, 4) is 5.88 Å². The van der Waals surface area contributed by atoms with Gasteiger partial charge >= 0.3 is 0 Å². The molecule has 114 valence electrons. The van der Waals surface area contributed by atoms with E-state index in [-0.39, 0.29) is 6.10 Å². The molecule has 2 N–H and O–H groups in total. The third-order valence-electron chi connectivity index (χ3n) is 3.74. The molecule has 0 aliphatic carbocycles. The molecule has 0 aliphatic heterocycles. The largest absolute Gasteiger partial charge is 0.474 e. The second kappa shape index (κ2) is 7.99. The van der Waals surface area contributed by atoms with Gasteiger partial charge in [-0.15, -0.1) is 0 Å². The zero-order valence-corrected chi connectivity index (χ0v) is 13.1. The third kappa shape index (κ3) is 4.43. The summed E-state index contributed by atoms with van der Waals surface area (Å²) in [6.45, 7) is 4.79. The molecule has 2 rings (SSSR count). The maximum atomic E-state index is 6.08. The zero-order valence-electron chi connectivity index (χ0n) is 13.1. The topological polar surface area (TPSA) is 48.1 Å². The minimum atomic E-state index is 0.186. The fourth-order valence-electron chi connectivity index (χ4n) is 2.52. The van der Waals surface area contributed by atoms with Gasteiger partial charge in [0.05, 0.1) is 11.8 Å². The number of aromatic nitrogens is 1. The predicted molar refractivity (Wildman–Crippen MR) is 88.5 cm³/mol. The van der Waals surface area contributed by atoms with Crippen LogP contribution in [0.25, 0.3) is 10.8 Å². The van der Waals surface area contributed by atoms with Crippen LogP contribution in [0.15, 0.2) is 30.3 Å². The maximum absolute atomic E-state index is 6.08. The third-order valence-corrected chi connectivity index (χ3v) is 3.74. The molecule has 0 fully saturated rings. The van der Waals surface area contributed by atoms with Gasteiger partial charge in [0.1, 0.15) is 0 Å². The summed E-state index contributed by atoms with van der Waals surface area (Å²) in [5.41, 5.74) is 6.61. The summed E-state index contributed by atoms with van der Waals surface area (Å²) in [6.07, 6.45) is 6.32. The number of pyridine rings is 1. The Morgan fingerprint density at radius 3 is 2.76 bits per heavy atom. The van der Waals surface area contributed by atoms with E-state index in [1.165, 1.54) is 25.7 Å². The number of unbranched alkanes of at least 4 members (excludes halogenated alkanes) is 3. The highest BCUT2D eigenvalue weighted by atomic mass is 16.5. The molecule has 0 bridgehead atoms. The lowest BCUT2D eigenvalue weighted by molar-refractivity contribution is 0.200. The van der Waals surface area contributed by atoms with Crippen molar-refractivity contribution >= 4 is 10.8 Å². The predicted octanol–water partition coefficient (Wildman–Crippen LogP) is 4.43. The Bertz CT molecular complexity index is 568. The highest BCUT2D eigenvalue weighted by Crippen LogP contribution is 2.26. The van der Waals surface area contributed by atoms with Crippen molar-refractivity contribution < 1.29 is 4.74 Å². The molecule has 0 aliphatic rings. The van der Waals surface area contributed by atoms with E-state index in [1.807, 2.05) is 18.2 Å². The van der Waals surface area contributed by atoms with Gasteiger partial charge in [0.25, 0.3) is 0 Å². The van der Waals surface area contributed by atoms with Gasteiger partial charge in [-0.25, -0.2) is 4.98 Å². The summed E-state index contributed by atoms with van der Waals surface area (Å²) in [5.74, 6) is 0.719. The van der Waals surface area contributed by atoms with Gasteiger partial charge in [-0.1, -0.05) is 44.4 Å². The average molecular weight is 286 g/mol. The molecule has 0 saturated heterocycles. The summed E-state index contributed by atoms with van der Waals surface area (Å²) in [6, 6.07) is 10.2. The molecule has 3 heteroatoms. The number of hydrogen-bond donors (Lipinski definition) is 1. The Labute approximate surface area is 127 Å². The Hall–Kier alpha value is -1.61. The molecule has 0 saturated carbocycles. The second-order valence-electron chi connectivity index (χ2n) is 5.62. The fourth-order valence-corrected chi connectivity index (χ4v) is 2.52. The summed E-state index contributed by atoms with van der Waals surface area (Å²) in [5, 5.41) is 2.20. The van der Waals surface area contributed by atoms with Gasteiger partial charge < -0.3 is 10.5 Å². The van der Waals surface area contributed by atoms with Crippen molar-refractivity contribution in [1.82, 2.24) is 4.98 Å². The van der Waals surface area contributed by atoms with Gasteiger partial charge in [-0.3, -0.25) is 0 Å². The molecule has 21 heavy (non-hydrogen) atoms. The number of rotatable bonds is 8. The Kier molecular flexibility index (Phi) is 6.00. The Morgan fingerprint density at radius 1 is 1.19 bits per heavy atom. The molecule has 3 nitrogen and oxygen atoms in total. The molecule has 1 aromatic carbocycles. The average Bonchev–Trinajstić information content (AvgIpc) is 2.51. The van der Waals surface area contributed by atoms with Gasteiger partial charge in [-0.05, 0) is 37.3 Å². The van der Waals surface area contributed by atoms with E-state index < -0.39 is 0 Å². The standard InChI is InChI=1S/C18H26N2O/c1-3-4-5-6-9-14(2)21-18-17-11-8-7-10-15(17)12-16(13-19)20-18/h7-8,10-12,14H,3-6,9,13,19H2,1-2H3. The molecule has 2 aromatic rings. The van der Waals surface area contributed by atoms with Crippen LogP contribution in [-0.4, -0.2) is 11.1 Å². The highest BCUT2D eigenvalue weighted by Gasteiger charge is 2.10. The molecule has 1 unspecified atom stereocenters. The highest BCUT2D eigenvalue weighted by molar-refractivity contribution is 5.87. The van der Waals surface area contributed by atoms with E-state index in [4.69, 9.17) is 10.5 Å². The maximum Gasteiger partial charge on any atom is 0.221 e. The van der Waals surface area contributed by atoms with Gasteiger partial charge in [0.2, 0.25) is 5.88 Å². The van der Waals surface area contributed by atoms with Crippen LogP contribution in [0.3, 0.4) is 0 Å². The monoisotopic (exact) mass is 286 g/mol. The quantitative estimate of drug-likeness (QED) is 0.730.